The second-order valence-electron chi connectivity index (χ2n) is 9.34. The Bertz CT molecular complexity index is 1470. The molecule has 4 rings (SSSR count). The normalized spacial score (nSPS) is 12.5. The topological polar surface area (TPSA) is 82.7 Å². The van der Waals surface area contributed by atoms with Crippen LogP contribution >= 0.6 is 7.26 Å². The van der Waals surface area contributed by atoms with Crippen molar-refractivity contribution in [3.05, 3.63) is 127 Å². The third-order valence-corrected chi connectivity index (χ3v) is 11.2. The molecule has 2 N–H and O–H groups in total. The van der Waals surface area contributed by atoms with Crippen molar-refractivity contribution >= 4 is 70.2 Å². The van der Waals surface area contributed by atoms with Crippen molar-refractivity contribution in [3.8, 4) is 0 Å². The average Bonchev–Trinajstić information content (AvgIpc) is 3.07. The molecule has 0 aromatic heterocycles. The second kappa shape index (κ2) is 20.2. The molecule has 0 fully saturated rings. The molecular weight excluding hydrogens is 735 g/mol. The zero-order chi connectivity index (χ0) is 30.3. The summed E-state index contributed by atoms with van der Waals surface area (Å²) >= 11 is 10.5. The summed E-state index contributed by atoms with van der Waals surface area (Å²) in [7, 11) is -0.369. The van der Waals surface area contributed by atoms with Gasteiger partial charge in [-0.3, -0.25) is 0 Å². The fraction of sp³-hybridized carbons (Fsp3) is 0.152. The van der Waals surface area contributed by atoms with Crippen molar-refractivity contribution in [3.63, 3.8) is 0 Å². The van der Waals surface area contributed by atoms with E-state index in [2.05, 4.69) is 104 Å². The van der Waals surface area contributed by atoms with Crippen LogP contribution in [0.2, 0.25) is 0 Å². The first-order valence-electron chi connectivity index (χ1n) is 13.8. The summed E-state index contributed by atoms with van der Waals surface area (Å²) in [5.74, 6) is 0. The number of amidine groups is 2. The second-order valence-corrected chi connectivity index (χ2v) is 13.5. The molecule has 4 aromatic carbocycles. The van der Waals surface area contributed by atoms with Gasteiger partial charge in [-0.15, -0.1) is 5.10 Å². The van der Waals surface area contributed by atoms with Crippen LogP contribution in [0.5, 0.6) is 0 Å². The number of benzene rings is 4. The van der Waals surface area contributed by atoms with E-state index < -0.39 is 7.26 Å². The van der Waals surface area contributed by atoms with Crippen molar-refractivity contribution < 1.29 is 38.8 Å². The minimum atomic E-state index is -2.06. The van der Waals surface area contributed by atoms with Crippen LogP contribution in [-0.4, -0.2) is 48.3 Å². The molecule has 0 aliphatic rings. The number of nitrogens with zero attached hydrogens (tertiary/aromatic N) is 4. The predicted octanol–water partition coefficient (Wildman–Crippen LogP) is 1.35. The van der Waals surface area contributed by atoms with E-state index in [4.69, 9.17) is 30.0 Å². The van der Waals surface area contributed by atoms with Crippen molar-refractivity contribution in [2.45, 2.75) is 6.92 Å². The Hall–Kier alpha value is -3.01. The maximum Gasteiger partial charge on any atom is 2.00 e. The smallest absolute Gasteiger partial charge is 1.00 e. The van der Waals surface area contributed by atoms with Gasteiger partial charge < -0.3 is 57.6 Å². The number of rotatable bonds is 12. The minimum absolute atomic E-state index is 0. The van der Waals surface area contributed by atoms with Crippen molar-refractivity contribution in [2.24, 2.45) is 20.4 Å². The molecule has 0 saturated heterocycles. The molecule has 0 atom stereocenters. The van der Waals surface area contributed by atoms with Gasteiger partial charge in [0, 0.05) is 19.2 Å². The Kier molecular flexibility index (Phi) is 17.1. The van der Waals surface area contributed by atoms with Crippen molar-refractivity contribution in [1.29, 1.82) is 0 Å². The number of nitrogens with one attached hydrogen (secondary N) is 2. The minimum Gasteiger partial charge on any atom is -1.00 e. The van der Waals surface area contributed by atoms with Gasteiger partial charge in [-0.1, -0.05) is 84.9 Å². The number of ether oxygens (including phenoxy) is 1. The number of halogens is 1. The first kappa shape index (κ1) is 38.2. The van der Waals surface area contributed by atoms with Gasteiger partial charge in [0.2, 0.25) is 0 Å². The van der Waals surface area contributed by atoms with Gasteiger partial charge in [0.25, 0.3) is 0 Å². The van der Waals surface area contributed by atoms with Crippen LogP contribution in [0.25, 0.3) is 0 Å². The van der Waals surface area contributed by atoms with E-state index in [0.29, 0.717) is 30.9 Å². The van der Waals surface area contributed by atoms with E-state index in [1.54, 1.807) is 14.0 Å². The van der Waals surface area contributed by atoms with E-state index in [1.807, 2.05) is 48.5 Å². The Morgan fingerprint density at radius 2 is 1.11 bits per heavy atom. The monoisotopic (exact) mass is 767 g/mol. The molecule has 0 saturated carbocycles. The SMILES string of the molecule is CNC([S-])=NN=C(C(C)=NN=C([S-])NCCOC[P+](c1ccccc1)(c1ccccc1)c1ccccc1)c1ccccc1.[Br-].[Cu+2]. The number of hydrogen-bond donors (Lipinski definition) is 2. The van der Waals surface area contributed by atoms with E-state index in [9.17, 15) is 0 Å². The summed E-state index contributed by atoms with van der Waals surface area (Å²) in [6.45, 7) is 2.74. The van der Waals surface area contributed by atoms with Crippen LogP contribution in [0, 0.1) is 0 Å². The molecule has 237 valence electrons. The largest absolute Gasteiger partial charge is 2.00 e. The van der Waals surface area contributed by atoms with E-state index in [1.165, 1.54) is 15.9 Å². The molecule has 0 spiro atoms. The molecule has 0 bridgehead atoms. The Labute approximate surface area is 298 Å². The van der Waals surface area contributed by atoms with Gasteiger partial charge >= 0.3 is 17.1 Å². The average molecular weight is 769 g/mol. The van der Waals surface area contributed by atoms with Crippen molar-refractivity contribution in [1.82, 2.24) is 10.6 Å². The summed E-state index contributed by atoms with van der Waals surface area (Å²) in [4.78, 5) is 0. The molecule has 1 radical (unpaired) electrons. The van der Waals surface area contributed by atoms with Gasteiger partial charge in [-0.05, 0) is 53.7 Å². The van der Waals surface area contributed by atoms with E-state index in [0.717, 1.165) is 5.56 Å². The number of hydrogen-bond acceptors (Lipinski definition) is 7. The van der Waals surface area contributed by atoms with E-state index >= 15 is 0 Å². The third kappa shape index (κ3) is 10.8. The molecule has 0 unspecified atom stereocenters. The fourth-order valence-electron chi connectivity index (χ4n) is 4.43. The molecular formula is C33H34BrCuN6OPS2. The van der Waals surface area contributed by atoms with Crippen LogP contribution in [0.4, 0.5) is 0 Å². The van der Waals surface area contributed by atoms with Gasteiger partial charge in [0.05, 0.1) is 12.3 Å². The first-order chi connectivity index (χ1) is 21.0. The van der Waals surface area contributed by atoms with Crippen LogP contribution in [0.15, 0.2) is 142 Å². The quantitative estimate of drug-likeness (QED) is 0.0433. The fourth-order valence-corrected chi connectivity index (χ4v) is 8.40. The van der Waals surface area contributed by atoms with Crippen LogP contribution in [0.3, 0.4) is 0 Å². The summed E-state index contributed by atoms with van der Waals surface area (Å²) in [5, 5.41) is 27.1. The molecule has 0 aliphatic heterocycles. The summed E-state index contributed by atoms with van der Waals surface area (Å²) in [5.41, 5.74) is 1.95. The van der Waals surface area contributed by atoms with Crippen LogP contribution in [-0.2, 0) is 47.1 Å². The van der Waals surface area contributed by atoms with Crippen LogP contribution in [0.1, 0.15) is 12.5 Å². The molecule has 0 heterocycles. The summed E-state index contributed by atoms with van der Waals surface area (Å²) in [6.07, 6.45) is 0.558. The molecule has 0 amide bonds. The van der Waals surface area contributed by atoms with Gasteiger partial charge in [0.15, 0.2) is 6.35 Å². The zero-order valence-electron chi connectivity index (χ0n) is 24.8. The molecule has 45 heavy (non-hydrogen) atoms. The predicted molar refractivity (Wildman–Crippen MR) is 189 cm³/mol. The standard InChI is InChI=1S/C33H35N6OPS2.BrH.Cu/c1-26(31(37-38-32(42)34-2)27-15-7-3-8-16-27)36-39-33(43)35-23-24-40-25-41(28-17-9-4-10-18-28,29-19-11-5-12-20-29)30-21-13-6-14-22-30;;/h3-22H,23-25H2,1-2H3,(H3-,34,35,36,37,38,39,42,43);1H;/q;;+2/p-2. The van der Waals surface area contributed by atoms with Crippen molar-refractivity contribution in [2.75, 3.05) is 26.5 Å². The molecule has 4 aromatic rings. The Morgan fingerprint density at radius 1 is 0.667 bits per heavy atom. The van der Waals surface area contributed by atoms with Gasteiger partial charge in [-0.25, -0.2) is 0 Å². The molecule has 0 aliphatic carbocycles. The maximum atomic E-state index is 6.40. The zero-order valence-corrected chi connectivity index (χ0v) is 29.9. The summed E-state index contributed by atoms with van der Waals surface area (Å²) < 4.78 is 6.40. The van der Waals surface area contributed by atoms with Gasteiger partial charge in [-0.2, -0.15) is 15.3 Å². The first-order valence-corrected chi connectivity index (χ1v) is 16.6. The molecule has 7 nitrogen and oxygen atoms in total. The van der Waals surface area contributed by atoms with E-state index in [-0.39, 0.29) is 44.4 Å². The third-order valence-electron chi connectivity index (χ3n) is 6.53. The van der Waals surface area contributed by atoms with Crippen LogP contribution < -0.4 is 43.5 Å². The Balaban J connectivity index is 0.00000353. The molecule has 12 heteroatoms. The van der Waals surface area contributed by atoms with Gasteiger partial charge in [0.1, 0.15) is 28.9 Å². The Morgan fingerprint density at radius 3 is 1.58 bits per heavy atom. The summed E-state index contributed by atoms with van der Waals surface area (Å²) in [6, 6.07) is 41.6. The maximum absolute atomic E-state index is 6.40.